The minimum absolute atomic E-state index is 0.229. The van der Waals surface area contributed by atoms with E-state index >= 15 is 0 Å². The van der Waals surface area contributed by atoms with Crippen molar-refractivity contribution in [1.82, 2.24) is 10.3 Å². The molecule has 0 aliphatic heterocycles. The van der Waals surface area contributed by atoms with E-state index in [1.807, 2.05) is 6.20 Å². The molecular weight excluding hydrogens is 264 g/mol. The number of benzene rings is 2. The average molecular weight is 280 g/mol. The molecule has 1 unspecified atom stereocenters. The first-order valence-electron chi connectivity index (χ1n) is 7.04. The second kappa shape index (κ2) is 5.00. The molecule has 1 aromatic heterocycles. The predicted molar refractivity (Wildman–Crippen MR) is 84.1 cm³/mol. The Kier molecular flexibility index (Phi) is 3.02. The fourth-order valence-electron chi connectivity index (χ4n) is 2.56. The zero-order chi connectivity index (χ0) is 13.4. The lowest BCUT2D eigenvalue weighted by Gasteiger charge is -2.17. The van der Waals surface area contributed by atoms with Gasteiger partial charge in [-0.15, -0.1) is 11.3 Å². The van der Waals surface area contributed by atoms with Crippen LogP contribution >= 0.6 is 11.3 Å². The Morgan fingerprint density at radius 3 is 2.70 bits per heavy atom. The summed E-state index contributed by atoms with van der Waals surface area (Å²) in [5, 5.41) is 9.52. The fourth-order valence-corrected chi connectivity index (χ4v) is 3.28. The summed E-state index contributed by atoms with van der Waals surface area (Å²) >= 11 is 1.73. The third-order valence-electron chi connectivity index (χ3n) is 3.78. The van der Waals surface area contributed by atoms with Gasteiger partial charge in [0.2, 0.25) is 0 Å². The summed E-state index contributed by atoms with van der Waals surface area (Å²) in [4.78, 5) is 4.51. The van der Waals surface area contributed by atoms with E-state index in [1.54, 1.807) is 11.3 Å². The van der Waals surface area contributed by atoms with Crippen LogP contribution in [0.3, 0.4) is 0 Å². The van der Waals surface area contributed by atoms with Crippen molar-refractivity contribution in [2.75, 3.05) is 0 Å². The van der Waals surface area contributed by atoms with Crippen molar-refractivity contribution < 1.29 is 0 Å². The van der Waals surface area contributed by atoms with Crippen molar-refractivity contribution in [3.05, 3.63) is 64.6 Å². The third-order valence-corrected chi connectivity index (χ3v) is 4.63. The highest BCUT2D eigenvalue weighted by Crippen LogP contribution is 2.31. The van der Waals surface area contributed by atoms with Crippen LogP contribution < -0.4 is 5.32 Å². The van der Waals surface area contributed by atoms with Gasteiger partial charge in [0, 0.05) is 17.6 Å². The van der Waals surface area contributed by atoms with E-state index < -0.39 is 0 Å². The van der Waals surface area contributed by atoms with E-state index in [0.717, 1.165) is 5.01 Å². The summed E-state index contributed by atoms with van der Waals surface area (Å²) in [5.74, 6) is 0. The maximum absolute atomic E-state index is 4.51. The zero-order valence-electron chi connectivity index (χ0n) is 11.1. The van der Waals surface area contributed by atoms with E-state index in [9.17, 15) is 0 Å². The molecular formula is C17H16N2S. The number of hydrogen-bond donors (Lipinski definition) is 1. The molecule has 1 heterocycles. The Morgan fingerprint density at radius 2 is 1.95 bits per heavy atom. The lowest BCUT2D eigenvalue weighted by atomic mass is 10.0. The molecule has 0 amide bonds. The second-order valence-electron chi connectivity index (χ2n) is 5.35. The largest absolute Gasteiger partial charge is 0.301 e. The first kappa shape index (κ1) is 12.1. The lowest BCUT2D eigenvalue weighted by Crippen LogP contribution is -2.24. The quantitative estimate of drug-likeness (QED) is 0.777. The summed E-state index contributed by atoms with van der Waals surface area (Å²) in [6.45, 7) is 0. The summed E-state index contributed by atoms with van der Waals surface area (Å²) in [7, 11) is 0. The molecule has 3 heteroatoms. The topological polar surface area (TPSA) is 24.9 Å². The molecule has 1 saturated carbocycles. The van der Waals surface area contributed by atoms with E-state index in [0.29, 0.717) is 6.04 Å². The second-order valence-corrected chi connectivity index (χ2v) is 6.28. The molecule has 4 rings (SSSR count). The van der Waals surface area contributed by atoms with Gasteiger partial charge >= 0.3 is 0 Å². The van der Waals surface area contributed by atoms with Crippen molar-refractivity contribution >= 4 is 22.1 Å². The van der Waals surface area contributed by atoms with Crippen LogP contribution in [0.2, 0.25) is 0 Å². The normalized spacial score (nSPS) is 16.4. The van der Waals surface area contributed by atoms with Crippen LogP contribution in [0, 0.1) is 0 Å². The monoisotopic (exact) mass is 280 g/mol. The van der Waals surface area contributed by atoms with Crippen LogP contribution in [0.25, 0.3) is 10.8 Å². The van der Waals surface area contributed by atoms with E-state index in [-0.39, 0.29) is 6.04 Å². The van der Waals surface area contributed by atoms with Crippen molar-refractivity contribution in [2.24, 2.45) is 0 Å². The predicted octanol–water partition coefficient (Wildman–Crippen LogP) is 4.14. The van der Waals surface area contributed by atoms with Gasteiger partial charge in [0.15, 0.2) is 0 Å². The molecule has 1 fully saturated rings. The van der Waals surface area contributed by atoms with Gasteiger partial charge in [0.05, 0.1) is 6.04 Å². The van der Waals surface area contributed by atoms with E-state index in [4.69, 9.17) is 0 Å². The van der Waals surface area contributed by atoms with Crippen LogP contribution in [0.4, 0.5) is 0 Å². The van der Waals surface area contributed by atoms with Gasteiger partial charge in [0.25, 0.3) is 0 Å². The first-order valence-corrected chi connectivity index (χ1v) is 7.92. The van der Waals surface area contributed by atoms with Crippen LogP contribution in [0.1, 0.15) is 29.5 Å². The summed E-state index contributed by atoms with van der Waals surface area (Å²) in [6, 6.07) is 16.1. The standard InChI is InChI=1S/C17H16N2S/c1-2-4-13-11-14(6-5-12(13)3-1)16(19-15-7-8-15)17-18-9-10-20-17/h1-6,9-11,15-16,19H,7-8H2. The Hall–Kier alpha value is -1.71. The summed E-state index contributed by atoms with van der Waals surface area (Å²) in [6.07, 6.45) is 4.47. The van der Waals surface area contributed by atoms with Crippen molar-refractivity contribution in [2.45, 2.75) is 24.9 Å². The minimum atomic E-state index is 0.229. The van der Waals surface area contributed by atoms with Crippen molar-refractivity contribution in [1.29, 1.82) is 0 Å². The zero-order valence-corrected chi connectivity index (χ0v) is 11.9. The maximum atomic E-state index is 4.51. The third kappa shape index (κ3) is 2.35. The van der Waals surface area contributed by atoms with Crippen molar-refractivity contribution in [3.8, 4) is 0 Å². The van der Waals surface area contributed by atoms with Crippen LogP contribution in [0.5, 0.6) is 0 Å². The molecule has 20 heavy (non-hydrogen) atoms. The van der Waals surface area contributed by atoms with Crippen LogP contribution in [-0.4, -0.2) is 11.0 Å². The molecule has 2 nitrogen and oxygen atoms in total. The summed E-state index contributed by atoms with van der Waals surface area (Å²) in [5.41, 5.74) is 1.31. The van der Waals surface area contributed by atoms with Crippen LogP contribution in [0.15, 0.2) is 54.0 Å². The van der Waals surface area contributed by atoms with E-state index in [2.05, 4.69) is 58.1 Å². The number of nitrogens with one attached hydrogen (secondary N) is 1. The SMILES string of the molecule is c1ccc2cc(C(NC3CC3)c3nccs3)ccc2c1. The molecule has 0 saturated heterocycles. The molecule has 2 aromatic carbocycles. The number of fused-ring (bicyclic) bond motifs is 1. The smallest absolute Gasteiger partial charge is 0.114 e. The number of aromatic nitrogens is 1. The van der Waals surface area contributed by atoms with Crippen LogP contribution in [-0.2, 0) is 0 Å². The molecule has 1 N–H and O–H groups in total. The minimum Gasteiger partial charge on any atom is -0.301 e. The first-order chi connectivity index (χ1) is 9.90. The number of rotatable bonds is 4. The summed E-state index contributed by atoms with van der Waals surface area (Å²) < 4.78 is 0. The van der Waals surface area contributed by atoms with Gasteiger partial charge in [-0.25, -0.2) is 4.98 Å². The molecule has 100 valence electrons. The fraction of sp³-hybridized carbons (Fsp3) is 0.235. The number of thiazole rings is 1. The molecule has 1 aliphatic rings. The molecule has 3 aromatic rings. The van der Waals surface area contributed by atoms with Gasteiger partial charge in [-0.1, -0.05) is 36.4 Å². The Bertz CT molecular complexity index is 717. The van der Waals surface area contributed by atoms with E-state index in [1.165, 1.54) is 29.2 Å². The van der Waals surface area contributed by atoms with Gasteiger partial charge in [-0.2, -0.15) is 0 Å². The highest BCUT2D eigenvalue weighted by molar-refractivity contribution is 7.09. The maximum Gasteiger partial charge on any atom is 0.114 e. The average Bonchev–Trinajstić information content (AvgIpc) is 3.16. The number of nitrogens with zero attached hydrogens (tertiary/aromatic N) is 1. The van der Waals surface area contributed by atoms with Gasteiger partial charge in [0.1, 0.15) is 5.01 Å². The lowest BCUT2D eigenvalue weighted by molar-refractivity contribution is 0.598. The Morgan fingerprint density at radius 1 is 1.10 bits per heavy atom. The van der Waals surface area contributed by atoms with Gasteiger partial charge < -0.3 is 5.32 Å². The molecule has 0 radical (unpaired) electrons. The molecule has 1 aliphatic carbocycles. The van der Waals surface area contributed by atoms with Crippen molar-refractivity contribution in [3.63, 3.8) is 0 Å². The highest BCUT2D eigenvalue weighted by Gasteiger charge is 2.27. The molecule has 0 bridgehead atoms. The Labute approximate surface area is 122 Å². The molecule has 0 spiro atoms. The highest BCUT2D eigenvalue weighted by atomic mass is 32.1. The molecule has 1 atom stereocenters. The Balaban J connectivity index is 1.76. The number of hydrogen-bond acceptors (Lipinski definition) is 3. The van der Waals surface area contributed by atoms with Gasteiger partial charge in [-0.05, 0) is 35.2 Å². The van der Waals surface area contributed by atoms with Gasteiger partial charge in [-0.3, -0.25) is 0 Å².